The first-order valence-electron chi connectivity index (χ1n) is 14.5. The number of nitrogens with zero attached hydrogens (tertiary/aromatic N) is 2. The van der Waals surface area contributed by atoms with Gasteiger partial charge in [0.25, 0.3) is 0 Å². The van der Waals surface area contributed by atoms with E-state index in [0.717, 1.165) is 22.4 Å². The fourth-order valence-electron chi connectivity index (χ4n) is 7.92. The van der Waals surface area contributed by atoms with Crippen LogP contribution in [0.5, 0.6) is 11.5 Å². The molecule has 1 amide bonds. The Bertz CT molecular complexity index is 1700. The standard InChI is InChI=1S/C32H35N3O7S/c1-34(2)22-6-8-23(9-7-22)43(38,39)35-16-15-31-28-21-5-10-25(40-3)29(28)42-30(31)24(12-14-32(31,37)26(35)18-21)33-27(36)11-4-20-13-17-41-19-20/h4-11,13,17,19,24,26,30,37H,12,14-16,18H2,1-3H3,(H,33,36)/b11-4+/t24-,26-,30+,31+,32-/m0/s1. The van der Waals surface area contributed by atoms with Crippen LogP contribution in [0.1, 0.15) is 36.0 Å². The van der Waals surface area contributed by atoms with Crippen LogP contribution in [0.15, 0.2) is 70.4 Å². The normalized spacial score (nSPS) is 29.2. The van der Waals surface area contributed by atoms with E-state index in [1.807, 2.05) is 31.1 Å². The molecule has 11 heteroatoms. The number of ether oxygens (including phenoxy) is 2. The lowest BCUT2D eigenvalue weighted by Gasteiger charge is -2.63. The maximum Gasteiger partial charge on any atom is 0.244 e. The molecule has 1 saturated carbocycles. The lowest BCUT2D eigenvalue weighted by molar-refractivity contribution is -0.177. The summed E-state index contributed by atoms with van der Waals surface area (Å²) in [5, 5.41) is 15.9. The van der Waals surface area contributed by atoms with E-state index in [1.54, 1.807) is 49.8 Å². The summed E-state index contributed by atoms with van der Waals surface area (Å²) in [5.41, 5.74) is 1.16. The molecule has 0 unspecified atom stereocenters. The first-order chi connectivity index (χ1) is 20.6. The fraction of sp³-hybridized carbons (Fsp3) is 0.406. The van der Waals surface area contributed by atoms with Crippen LogP contribution in [-0.4, -0.2) is 75.3 Å². The fourth-order valence-corrected chi connectivity index (χ4v) is 9.58. The quantitative estimate of drug-likeness (QED) is 0.394. The summed E-state index contributed by atoms with van der Waals surface area (Å²) >= 11 is 0. The molecule has 1 saturated heterocycles. The highest BCUT2D eigenvalue weighted by Gasteiger charge is 2.74. The zero-order chi connectivity index (χ0) is 30.1. The first-order valence-corrected chi connectivity index (χ1v) is 15.9. The predicted molar refractivity (Wildman–Crippen MR) is 160 cm³/mol. The Hall–Kier alpha value is -3.80. The van der Waals surface area contributed by atoms with Gasteiger partial charge in [0, 0.05) is 43.5 Å². The molecule has 1 aromatic heterocycles. The van der Waals surface area contributed by atoms with Gasteiger partial charge in [-0.25, -0.2) is 8.42 Å². The average molecular weight is 606 g/mol. The van der Waals surface area contributed by atoms with E-state index in [-0.39, 0.29) is 17.3 Å². The lowest BCUT2D eigenvalue weighted by Crippen LogP contribution is -2.78. The number of carbonyl (C=O) groups is 1. The number of piperidine rings is 1. The monoisotopic (exact) mass is 605 g/mol. The van der Waals surface area contributed by atoms with E-state index < -0.39 is 39.2 Å². The number of furan rings is 1. The van der Waals surface area contributed by atoms with E-state index in [2.05, 4.69) is 5.32 Å². The highest BCUT2D eigenvalue weighted by molar-refractivity contribution is 7.89. The Kier molecular flexibility index (Phi) is 6.42. The second kappa shape index (κ2) is 9.87. The van der Waals surface area contributed by atoms with Crippen LogP contribution in [0.3, 0.4) is 0 Å². The van der Waals surface area contributed by atoms with E-state index in [9.17, 15) is 18.3 Å². The molecule has 2 fully saturated rings. The van der Waals surface area contributed by atoms with Gasteiger partial charge in [-0.3, -0.25) is 4.79 Å². The molecule has 0 radical (unpaired) electrons. The number of aliphatic hydroxyl groups is 1. The molecule has 43 heavy (non-hydrogen) atoms. The molecular weight excluding hydrogens is 570 g/mol. The molecule has 1 spiro atoms. The van der Waals surface area contributed by atoms with Crippen LogP contribution >= 0.6 is 0 Å². The van der Waals surface area contributed by atoms with Gasteiger partial charge in [0.05, 0.1) is 47.6 Å². The van der Waals surface area contributed by atoms with Gasteiger partial charge >= 0.3 is 0 Å². The Morgan fingerprint density at radius 3 is 2.65 bits per heavy atom. The summed E-state index contributed by atoms with van der Waals surface area (Å²) in [6.45, 7) is 0.210. The molecule has 4 aliphatic rings. The van der Waals surface area contributed by atoms with Gasteiger partial charge in [0.1, 0.15) is 6.10 Å². The molecule has 3 heterocycles. The van der Waals surface area contributed by atoms with E-state index in [1.165, 1.54) is 16.6 Å². The Morgan fingerprint density at radius 1 is 1.16 bits per heavy atom. The van der Waals surface area contributed by atoms with Gasteiger partial charge in [-0.15, -0.1) is 0 Å². The predicted octanol–water partition coefficient (Wildman–Crippen LogP) is 3.10. The Labute approximate surface area is 250 Å². The van der Waals surface area contributed by atoms with Gasteiger partial charge in [0.15, 0.2) is 11.5 Å². The average Bonchev–Trinajstić information content (AvgIpc) is 3.63. The number of benzene rings is 2. The van der Waals surface area contributed by atoms with Crippen molar-refractivity contribution in [3.8, 4) is 11.5 Å². The zero-order valence-corrected chi connectivity index (χ0v) is 25.1. The molecule has 7 rings (SSSR count). The summed E-state index contributed by atoms with van der Waals surface area (Å²) in [4.78, 5) is 15.2. The summed E-state index contributed by atoms with van der Waals surface area (Å²) in [5.74, 6) is 0.852. The number of sulfonamides is 1. The van der Waals surface area contributed by atoms with Crippen molar-refractivity contribution in [1.82, 2.24) is 9.62 Å². The summed E-state index contributed by atoms with van der Waals surface area (Å²) < 4.78 is 47.2. The second-order valence-electron chi connectivity index (χ2n) is 12.1. The van der Waals surface area contributed by atoms with Crippen LogP contribution in [-0.2, 0) is 26.7 Å². The van der Waals surface area contributed by atoms with Crippen molar-refractivity contribution in [3.63, 3.8) is 0 Å². The molecule has 3 aromatic rings. The molecule has 10 nitrogen and oxygen atoms in total. The van der Waals surface area contributed by atoms with Crippen molar-refractivity contribution < 1.29 is 32.2 Å². The number of amides is 1. The maximum absolute atomic E-state index is 14.1. The largest absolute Gasteiger partial charge is 0.493 e. The minimum atomic E-state index is -3.92. The third-order valence-corrected chi connectivity index (χ3v) is 11.8. The highest BCUT2D eigenvalue weighted by atomic mass is 32.2. The van der Waals surface area contributed by atoms with Gasteiger partial charge in [0.2, 0.25) is 15.9 Å². The summed E-state index contributed by atoms with van der Waals surface area (Å²) in [7, 11) is 1.46. The van der Waals surface area contributed by atoms with Crippen LogP contribution in [0, 0.1) is 0 Å². The summed E-state index contributed by atoms with van der Waals surface area (Å²) in [6.07, 6.45) is 7.02. The molecule has 2 aromatic carbocycles. The molecular formula is C32H35N3O7S. The second-order valence-corrected chi connectivity index (χ2v) is 14.0. The smallest absolute Gasteiger partial charge is 0.244 e. The topological polar surface area (TPSA) is 122 Å². The van der Waals surface area contributed by atoms with E-state index >= 15 is 0 Å². The molecule has 2 N–H and O–H groups in total. The van der Waals surface area contributed by atoms with Crippen molar-refractivity contribution in [1.29, 1.82) is 0 Å². The highest BCUT2D eigenvalue weighted by Crippen LogP contribution is 2.65. The van der Waals surface area contributed by atoms with Crippen LogP contribution in [0.2, 0.25) is 0 Å². The minimum absolute atomic E-state index is 0.198. The number of nitrogens with one attached hydrogen (secondary N) is 1. The number of hydrogen-bond donors (Lipinski definition) is 2. The molecule has 226 valence electrons. The van der Waals surface area contributed by atoms with Gasteiger partial charge in [-0.2, -0.15) is 4.31 Å². The van der Waals surface area contributed by atoms with Crippen molar-refractivity contribution in [2.45, 2.75) is 59.8 Å². The number of rotatable bonds is 7. The van der Waals surface area contributed by atoms with Crippen LogP contribution in [0.25, 0.3) is 6.08 Å². The van der Waals surface area contributed by atoms with Crippen molar-refractivity contribution in [2.24, 2.45) is 0 Å². The SMILES string of the molecule is COc1ccc2c3c1O[C@@H]1[C@@H](NC(=O)/C=C/c4ccoc4)CC[C@]4(O)[C@H](C2)N(S(=O)(=O)c2ccc(N(C)C)cc2)CC[C@@]314. The van der Waals surface area contributed by atoms with Gasteiger partial charge < -0.3 is 29.2 Å². The van der Waals surface area contributed by atoms with E-state index in [0.29, 0.717) is 37.2 Å². The minimum Gasteiger partial charge on any atom is -0.493 e. The summed E-state index contributed by atoms with van der Waals surface area (Å²) in [6, 6.07) is 11.3. The lowest BCUT2D eigenvalue weighted by atomic mass is 9.48. The number of methoxy groups -OCH3 is 1. The number of hydrogen-bond acceptors (Lipinski definition) is 8. The Balaban J connectivity index is 1.27. The Morgan fingerprint density at radius 2 is 1.95 bits per heavy atom. The van der Waals surface area contributed by atoms with Crippen molar-refractivity contribution in [3.05, 3.63) is 77.8 Å². The molecule has 2 bridgehead atoms. The molecule has 2 aliphatic heterocycles. The first kappa shape index (κ1) is 28.0. The third-order valence-electron chi connectivity index (χ3n) is 9.88. The van der Waals surface area contributed by atoms with Crippen molar-refractivity contribution in [2.75, 3.05) is 32.6 Å². The van der Waals surface area contributed by atoms with Crippen LogP contribution in [0.4, 0.5) is 5.69 Å². The molecule has 2 aliphatic carbocycles. The zero-order valence-electron chi connectivity index (χ0n) is 24.3. The third kappa shape index (κ3) is 3.98. The number of carbonyl (C=O) groups excluding carboxylic acids is 1. The van der Waals surface area contributed by atoms with Gasteiger partial charge in [-0.05, 0) is 73.7 Å². The van der Waals surface area contributed by atoms with Crippen LogP contribution < -0.4 is 19.7 Å². The van der Waals surface area contributed by atoms with E-state index in [4.69, 9.17) is 13.9 Å². The van der Waals surface area contributed by atoms with Gasteiger partial charge in [-0.1, -0.05) is 6.07 Å². The number of anilines is 1. The maximum atomic E-state index is 14.1. The van der Waals surface area contributed by atoms with Crippen molar-refractivity contribution >= 4 is 27.7 Å². The molecule has 5 atom stereocenters.